The molecule has 3 aromatic heterocycles. The van der Waals surface area contributed by atoms with E-state index in [1.165, 1.54) is 23.3 Å². The van der Waals surface area contributed by atoms with Crippen molar-refractivity contribution in [2.75, 3.05) is 5.32 Å². The Bertz CT molecular complexity index is 868. The van der Waals surface area contributed by atoms with E-state index in [2.05, 4.69) is 33.0 Å². The van der Waals surface area contributed by atoms with E-state index in [0.717, 1.165) is 32.2 Å². The zero-order valence-corrected chi connectivity index (χ0v) is 15.9. The molecule has 0 amide bonds. The van der Waals surface area contributed by atoms with E-state index in [1.54, 1.807) is 29.6 Å². The molecule has 0 saturated carbocycles. The van der Waals surface area contributed by atoms with Crippen LogP contribution in [-0.4, -0.2) is 16.6 Å². The molecular formula is C17H18FN3S3. The number of fused-ring (bicyclic) bond motifs is 1. The topological polar surface area (TPSA) is 50.9 Å². The number of thiophene rings is 2. The van der Waals surface area contributed by atoms with Crippen molar-refractivity contribution in [1.82, 2.24) is 4.37 Å². The lowest BCUT2D eigenvalue weighted by Crippen LogP contribution is -2.31. The van der Waals surface area contributed by atoms with Crippen molar-refractivity contribution in [1.29, 1.82) is 0 Å². The van der Waals surface area contributed by atoms with Crippen LogP contribution in [0.3, 0.4) is 0 Å². The summed E-state index contributed by atoms with van der Waals surface area (Å²) in [5.41, 5.74) is 7.72. The lowest BCUT2D eigenvalue weighted by Gasteiger charge is -2.11. The highest BCUT2D eigenvalue weighted by atomic mass is 32.1. The Morgan fingerprint density at radius 3 is 2.96 bits per heavy atom. The molecule has 2 unspecified atom stereocenters. The van der Waals surface area contributed by atoms with Crippen LogP contribution in [0, 0.1) is 11.8 Å². The third-order valence-electron chi connectivity index (χ3n) is 3.65. The fourth-order valence-electron chi connectivity index (χ4n) is 2.31. The number of nitrogens with one attached hydrogen (secondary N) is 1. The molecule has 3 N–H and O–H groups in total. The number of alkyl halides is 1. The minimum atomic E-state index is -1.05. The molecule has 0 saturated heterocycles. The van der Waals surface area contributed by atoms with E-state index >= 15 is 0 Å². The lowest BCUT2D eigenvalue weighted by molar-refractivity contribution is 0.305. The van der Waals surface area contributed by atoms with Crippen LogP contribution in [0.15, 0.2) is 17.5 Å². The van der Waals surface area contributed by atoms with E-state index < -0.39 is 12.2 Å². The highest BCUT2D eigenvalue weighted by Crippen LogP contribution is 2.39. The van der Waals surface area contributed by atoms with Crippen molar-refractivity contribution in [2.24, 2.45) is 5.73 Å². The number of anilines is 1. The first kappa shape index (κ1) is 17.4. The van der Waals surface area contributed by atoms with Gasteiger partial charge in [0, 0.05) is 22.2 Å². The van der Waals surface area contributed by atoms with E-state index in [4.69, 9.17) is 5.73 Å². The Morgan fingerprint density at radius 1 is 1.46 bits per heavy atom. The largest absolute Gasteiger partial charge is 0.370 e. The van der Waals surface area contributed by atoms with Crippen molar-refractivity contribution in [3.63, 3.8) is 0 Å². The molecule has 3 aromatic rings. The molecule has 0 radical (unpaired) electrons. The quantitative estimate of drug-likeness (QED) is 0.614. The second-order valence-corrected chi connectivity index (χ2v) is 8.35. The maximum Gasteiger partial charge on any atom is 0.127 e. The first-order valence-electron chi connectivity index (χ1n) is 7.59. The van der Waals surface area contributed by atoms with Crippen molar-refractivity contribution < 1.29 is 4.39 Å². The zero-order valence-electron chi connectivity index (χ0n) is 13.4. The summed E-state index contributed by atoms with van der Waals surface area (Å²) < 4.78 is 19.1. The minimum Gasteiger partial charge on any atom is -0.370 e. The standard InChI is InChI=1S/C17H18FN3S3/c1-3-5-12-14(8-13(19)10(2)18)23-16-15(12)21-24-17(16)20-9-11-6-4-7-22-11/h4,6-7,10,13,20H,8-9,19H2,1-2H3. The second kappa shape index (κ2) is 7.62. The molecule has 0 bridgehead atoms. The summed E-state index contributed by atoms with van der Waals surface area (Å²) in [6.07, 6.45) is -0.561. The van der Waals surface area contributed by atoms with Crippen LogP contribution in [0.4, 0.5) is 9.39 Å². The molecule has 3 rings (SSSR count). The fourth-order valence-corrected chi connectivity index (χ4v) is 5.11. The predicted octanol–water partition coefficient (Wildman–Crippen LogP) is 4.63. The number of halogens is 1. The van der Waals surface area contributed by atoms with Crippen LogP contribution >= 0.6 is 34.2 Å². The van der Waals surface area contributed by atoms with Crippen molar-refractivity contribution in [3.8, 4) is 11.8 Å². The van der Waals surface area contributed by atoms with Crippen LogP contribution in [0.1, 0.15) is 29.2 Å². The molecular weight excluding hydrogens is 361 g/mol. The first-order chi connectivity index (χ1) is 11.6. The molecule has 24 heavy (non-hydrogen) atoms. The van der Waals surface area contributed by atoms with Gasteiger partial charge < -0.3 is 11.1 Å². The zero-order chi connectivity index (χ0) is 17.1. The monoisotopic (exact) mass is 379 g/mol. The van der Waals surface area contributed by atoms with Gasteiger partial charge in [0.2, 0.25) is 0 Å². The Hall–Kier alpha value is -1.46. The van der Waals surface area contributed by atoms with E-state index in [0.29, 0.717) is 6.42 Å². The van der Waals surface area contributed by atoms with Gasteiger partial charge in [0.15, 0.2) is 0 Å². The molecule has 0 spiro atoms. The van der Waals surface area contributed by atoms with Gasteiger partial charge in [-0.15, -0.1) is 28.6 Å². The van der Waals surface area contributed by atoms with E-state index in [-0.39, 0.29) is 0 Å². The molecule has 126 valence electrons. The number of nitrogens with two attached hydrogens (primary N) is 1. The van der Waals surface area contributed by atoms with Gasteiger partial charge in [-0.3, -0.25) is 0 Å². The number of hydrogen-bond acceptors (Lipinski definition) is 6. The predicted molar refractivity (Wildman–Crippen MR) is 104 cm³/mol. The van der Waals surface area contributed by atoms with E-state index in [1.807, 2.05) is 6.07 Å². The fraction of sp³-hybridized carbons (Fsp3) is 0.353. The summed E-state index contributed by atoms with van der Waals surface area (Å²) in [5.74, 6) is 6.06. The van der Waals surface area contributed by atoms with Gasteiger partial charge in [0.1, 0.15) is 16.7 Å². The van der Waals surface area contributed by atoms with Crippen molar-refractivity contribution in [2.45, 2.75) is 39.0 Å². The summed E-state index contributed by atoms with van der Waals surface area (Å²) in [6.45, 7) is 4.07. The van der Waals surface area contributed by atoms with E-state index in [9.17, 15) is 4.39 Å². The summed E-state index contributed by atoms with van der Waals surface area (Å²) in [6, 6.07) is 3.63. The molecule has 0 fully saturated rings. The van der Waals surface area contributed by atoms with Gasteiger partial charge >= 0.3 is 0 Å². The molecule has 0 aliphatic carbocycles. The summed E-state index contributed by atoms with van der Waals surface area (Å²) >= 11 is 4.79. The second-order valence-electron chi connectivity index (χ2n) is 5.44. The normalized spacial score (nSPS) is 13.5. The van der Waals surface area contributed by atoms with Crippen molar-refractivity contribution in [3.05, 3.63) is 32.8 Å². The van der Waals surface area contributed by atoms with Gasteiger partial charge in [0.05, 0.1) is 16.8 Å². The maximum absolute atomic E-state index is 13.5. The van der Waals surface area contributed by atoms with Gasteiger partial charge in [0.25, 0.3) is 0 Å². The van der Waals surface area contributed by atoms with Crippen LogP contribution in [0.5, 0.6) is 0 Å². The maximum atomic E-state index is 13.5. The molecule has 3 heterocycles. The molecule has 2 atom stereocenters. The smallest absolute Gasteiger partial charge is 0.127 e. The number of nitrogens with zero attached hydrogens (tertiary/aromatic N) is 1. The van der Waals surface area contributed by atoms with Gasteiger partial charge in [-0.05, 0) is 36.8 Å². The Morgan fingerprint density at radius 2 is 2.29 bits per heavy atom. The Kier molecular flexibility index (Phi) is 5.51. The SMILES string of the molecule is CC#Cc1c(CC(N)C(C)F)sc2c(NCc3cccs3)snc12. The Balaban J connectivity index is 1.91. The number of aromatic nitrogens is 1. The molecule has 0 aliphatic rings. The Labute approximate surface area is 152 Å². The number of hydrogen-bond donors (Lipinski definition) is 2. The lowest BCUT2D eigenvalue weighted by atomic mass is 10.1. The third-order valence-corrected chi connectivity index (χ3v) is 6.68. The van der Waals surface area contributed by atoms with Gasteiger partial charge in [-0.25, -0.2) is 4.39 Å². The highest BCUT2D eigenvalue weighted by Gasteiger charge is 2.21. The molecule has 3 nitrogen and oxygen atoms in total. The van der Waals surface area contributed by atoms with Crippen LogP contribution in [0.25, 0.3) is 10.2 Å². The highest BCUT2D eigenvalue weighted by molar-refractivity contribution is 7.24. The molecule has 0 aromatic carbocycles. The van der Waals surface area contributed by atoms with Gasteiger partial charge in [-0.1, -0.05) is 12.0 Å². The van der Waals surface area contributed by atoms with Crippen LogP contribution in [0.2, 0.25) is 0 Å². The first-order valence-corrected chi connectivity index (χ1v) is 10.1. The summed E-state index contributed by atoms with van der Waals surface area (Å²) in [5, 5.41) is 6.56. The average molecular weight is 380 g/mol. The van der Waals surface area contributed by atoms with Crippen LogP contribution in [-0.2, 0) is 13.0 Å². The van der Waals surface area contributed by atoms with Crippen molar-refractivity contribution >= 4 is 49.4 Å². The summed E-state index contributed by atoms with van der Waals surface area (Å²) in [7, 11) is 0. The van der Waals surface area contributed by atoms with Crippen LogP contribution < -0.4 is 11.1 Å². The number of rotatable bonds is 6. The minimum absolute atomic E-state index is 0.484. The summed E-state index contributed by atoms with van der Waals surface area (Å²) in [4.78, 5) is 2.29. The molecule has 7 heteroatoms. The van der Waals surface area contributed by atoms with Gasteiger partial charge in [-0.2, -0.15) is 4.37 Å². The third kappa shape index (κ3) is 3.62. The average Bonchev–Trinajstić information content (AvgIpc) is 3.25. The molecule has 0 aliphatic heterocycles.